The average Bonchev–Trinajstić information content (AvgIpc) is 2.79. The van der Waals surface area contributed by atoms with Gasteiger partial charge in [-0.1, -0.05) is 0 Å². The van der Waals surface area contributed by atoms with Gasteiger partial charge in [-0.2, -0.15) is 0 Å². The summed E-state index contributed by atoms with van der Waals surface area (Å²) in [7, 11) is 0. The van der Waals surface area contributed by atoms with E-state index in [1.807, 2.05) is 23.7 Å². The van der Waals surface area contributed by atoms with Crippen molar-refractivity contribution in [3.8, 4) is 0 Å². The Morgan fingerprint density at radius 1 is 1.12 bits per heavy atom. The second-order valence-corrected chi connectivity index (χ2v) is 4.39. The van der Waals surface area contributed by atoms with Crippen LogP contribution in [0.1, 0.15) is 0 Å². The quantitative estimate of drug-likeness (QED) is 0.722. The van der Waals surface area contributed by atoms with Crippen molar-refractivity contribution in [2.24, 2.45) is 0 Å². The third-order valence-corrected chi connectivity index (χ3v) is 3.08. The van der Waals surface area contributed by atoms with Crippen LogP contribution < -0.4 is 11.1 Å². The summed E-state index contributed by atoms with van der Waals surface area (Å²) < 4.78 is 1.14. The molecule has 5 nitrogen and oxygen atoms in total. The first-order valence-corrected chi connectivity index (χ1v) is 5.89. The third-order valence-electron chi connectivity index (χ3n) is 2.29. The lowest BCUT2D eigenvalue weighted by molar-refractivity contribution is 1.05. The summed E-state index contributed by atoms with van der Waals surface area (Å²) in [6, 6.07) is 9.46. The Kier molecular flexibility index (Phi) is 2.34. The second kappa shape index (κ2) is 3.99. The molecule has 0 aliphatic rings. The van der Waals surface area contributed by atoms with Crippen molar-refractivity contribution in [1.82, 2.24) is 15.2 Å². The molecule has 3 aromatic rings. The van der Waals surface area contributed by atoms with Gasteiger partial charge in [-0.15, -0.1) is 21.5 Å². The standard InChI is InChI=1S/C11H9N5S/c12-10-3-4-11(16-15-10)14-7-1-2-8-9(5-7)17-6-13-8/h1-6H,(H2,12,15)(H,14,16). The van der Waals surface area contributed by atoms with Gasteiger partial charge in [0.15, 0.2) is 5.82 Å². The molecule has 3 rings (SSSR count). The highest BCUT2D eigenvalue weighted by Gasteiger charge is 2.00. The molecule has 1 aromatic carbocycles. The van der Waals surface area contributed by atoms with E-state index >= 15 is 0 Å². The molecule has 0 saturated carbocycles. The minimum atomic E-state index is 0.411. The van der Waals surface area contributed by atoms with E-state index in [4.69, 9.17) is 5.73 Å². The molecule has 6 heteroatoms. The number of nitrogens with two attached hydrogens (primary N) is 1. The first-order valence-electron chi connectivity index (χ1n) is 5.01. The van der Waals surface area contributed by atoms with Crippen molar-refractivity contribution in [3.63, 3.8) is 0 Å². The van der Waals surface area contributed by atoms with Gasteiger partial charge in [0.1, 0.15) is 5.82 Å². The molecule has 0 aliphatic heterocycles. The second-order valence-electron chi connectivity index (χ2n) is 3.50. The third kappa shape index (κ3) is 2.02. The van der Waals surface area contributed by atoms with Crippen LogP contribution in [0.25, 0.3) is 10.2 Å². The molecule has 0 bridgehead atoms. The van der Waals surface area contributed by atoms with E-state index in [0.717, 1.165) is 15.9 Å². The van der Waals surface area contributed by atoms with E-state index in [1.54, 1.807) is 23.5 Å². The number of aromatic nitrogens is 3. The molecule has 84 valence electrons. The molecule has 2 heterocycles. The van der Waals surface area contributed by atoms with E-state index in [0.29, 0.717) is 11.6 Å². The zero-order valence-corrected chi connectivity index (χ0v) is 9.61. The predicted molar refractivity (Wildman–Crippen MR) is 69.3 cm³/mol. The Labute approximate surface area is 101 Å². The minimum absolute atomic E-state index is 0.411. The van der Waals surface area contributed by atoms with Crippen molar-refractivity contribution >= 4 is 38.9 Å². The van der Waals surface area contributed by atoms with E-state index in [2.05, 4.69) is 20.5 Å². The van der Waals surface area contributed by atoms with Gasteiger partial charge in [0.2, 0.25) is 0 Å². The lowest BCUT2D eigenvalue weighted by Gasteiger charge is -2.04. The molecule has 0 radical (unpaired) electrons. The Morgan fingerprint density at radius 3 is 2.88 bits per heavy atom. The maximum atomic E-state index is 5.47. The maximum absolute atomic E-state index is 5.47. The molecular weight excluding hydrogens is 234 g/mol. The van der Waals surface area contributed by atoms with Gasteiger partial charge in [0, 0.05) is 5.69 Å². The van der Waals surface area contributed by atoms with Gasteiger partial charge in [-0.05, 0) is 30.3 Å². The molecule has 0 saturated heterocycles. The fourth-order valence-corrected chi connectivity index (χ4v) is 2.21. The number of nitrogens with one attached hydrogen (secondary N) is 1. The predicted octanol–water partition coefficient (Wildman–Crippen LogP) is 2.41. The van der Waals surface area contributed by atoms with Crippen LogP contribution in [-0.4, -0.2) is 15.2 Å². The summed E-state index contributed by atoms with van der Waals surface area (Å²) in [4.78, 5) is 4.22. The topological polar surface area (TPSA) is 76.7 Å². The molecular formula is C11H9N5S. The van der Waals surface area contributed by atoms with E-state index in [1.165, 1.54) is 0 Å². The fourth-order valence-electron chi connectivity index (χ4n) is 1.49. The average molecular weight is 243 g/mol. The van der Waals surface area contributed by atoms with Gasteiger partial charge in [0.25, 0.3) is 0 Å². The van der Waals surface area contributed by atoms with Gasteiger partial charge in [-0.3, -0.25) is 0 Å². The Morgan fingerprint density at radius 2 is 2.06 bits per heavy atom. The lowest BCUT2D eigenvalue weighted by Crippen LogP contribution is -1.97. The SMILES string of the molecule is Nc1ccc(Nc2ccc3ncsc3c2)nn1. The van der Waals surface area contributed by atoms with Gasteiger partial charge >= 0.3 is 0 Å². The number of nitrogen functional groups attached to an aromatic ring is 1. The number of hydrogen-bond donors (Lipinski definition) is 2. The number of thiazole rings is 1. The van der Waals surface area contributed by atoms with Crippen LogP contribution in [0.3, 0.4) is 0 Å². The van der Waals surface area contributed by atoms with E-state index < -0.39 is 0 Å². The summed E-state index contributed by atoms with van der Waals surface area (Å²) >= 11 is 1.61. The fraction of sp³-hybridized carbons (Fsp3) is 0. The molecule has 0 unspecified atom stereocenters. The first-order chi connectivity index (χ1) is 8.31. The van der Waals surface area contributed by atoms with Crippen LogP contribution in [0.2, 0.25) is 0 Å². The molecule has 17 heavy (non-hydrogen) atoms. The van der Waals surface area contributed by atoms with Crippen molar-refractivity contribution < 1.29 is 0 Å². The van der Waals surface area contributed by atoms with Crippen LogP contribution in [0, 0.1) is 0 Å². The molecule has 3 N–H and O–H groups in total. The number of fused-ring (bicyclic) bond motifs is 1. The molecule has 2 aromatic heterocycles. The lowest BCUT2D eigenvalue weighted by atomic mass is 10.3. The highest BCUT2D eigenvalue weighted by atomic mass is 32.1. The van der Waals surface area contributed by atoms with Crippen LogP contribution in [0.15, 0.2) is 35.8 Å². The van der Waals surface area contributed by atoms with Gasteiger partial charge in [-0.25, -0.2) is 4.98 Å². The summed E-state index contributed by atoms with van der Waals surface area (Å²) in [5, 5.41) is 10.9. The summed E-state index contributed by atoms with van der Waals surface area (Å²) in [5.74, 6) is 1.08. The normalized spacial score (nSPS) is 10.6. The highest BCUT2D eigenvalue weighted by Crippen LogP contribution is 2.23. The minimum Gasteiger partial charge on any atom is -0.382 e. The van der Waals surface area contributed by atoms with Gasteiger partial charge in [0.05, 0.1) is 15.7 Å². The summed E-state index contributed by atoms with van der Waals surface area (Å²) in [5.41, 5.74) is 9.27. The zero-order chi connectivity index (χ0) is 11.7. The molecule has 0 spiro atoms. The number of anilines is 3. The van der Waals surface area contributed by atoms with Crippen LogP contribution >= 0.6 is 11.3 Å². The first kappa shape index (κ1) is 9.98. The Hall–Kier alpha value is -2.21. The van der Waals surface area contributed by atoms with Crippen molar-refractivity contribution in [3.05, 3.63) is 35.8 Å². The van der Waals surface area contributed by atoms with Crippen molar-refractivity contribution in [2.45, 2.75) is 0 Å². The number of benzene rings is 1. The molecule has 0 amide bonds. The number of hydrogen-bond acceptors (Lipinski definition) is 6. The molecule has 0 atom stereocenters. The zero-order valence-electron chi connectivity index (χ0n) is 8.79. The largest absolute Gasteiger partial charge is 0.382 e. The highest BCUT2D eigenvalue weighted by molar-refractivity contribution is 7.16. The van der Waals surface area contributed by atoms with Crippen molar-refractivity contribution in [2.75, 3.05) is 11.1 Å². The number of rotatable bonds is 2. The number of nitrogens with zero attached hydrogens (tertiary/aromatic N) is 3. The van der Waals surface area contributed by atoms with Gasteiger partial charge < -0.3 is 11.1 Å². The summed E-state index contributed by atoms with van der Waals surface area (Å²) in [6.07, 6.45) is 0. The van der Waals surface area contributed by atoms with E-state index in [-0.39, 0.29) is 0 Å². The smallest absolute Gasteiger partial charge is 0.153 e. The van der Waals surface area contributed by atoms with E-state index in [9.17, 15) is 0 Å². The Bertz CT molecular complexity index is 646. The van der Waals surface area contributed by atoms with Crippen molar-refractivity contribution in [1.29, 1.82) is 0 Å². The Balaban J connectivity index is 1.91. The van der Waals surface area contributed by atoms with Crippen LogP contribution in [0.4, 0.5) is 17.3 Å². The summed E-state index contributed by atoms with van der Waals surface area (Å²) in [6.45, 7) is 0. The van der Waals surface area contributed by atoms with Crippen LogP contribution in [-0.2, 0) is 0 Å². The monoisotopic (exact) mass is 243 g/mol. The maximum Gasteiger partial charge on any atom is 0.153 e. The van der Waals surface area contributed by atoms with Crippen LogP contribution in [0.5, 0.6) is 0 Å². The molecule has 0 aliphatic carbocycles. The molecule has 0 fully saturated rings.